The van der Waals surface area contributed by atoms with Gasteiger partial charge in [-0.25, -0.2) is 9.78 Å². The third-order valence-corrected chi connectivity index (χ3v) is 3.74. The summed E-state index contributed by atoms with van der Waals surface area (Å²) in [6.45, 7) is 1.32. The van der Waals surface area contributed by atoms with Crippen LogP contribution in [0.1, 0.15) is 12.8 Å². The van der Waals surface area contributed by atoms with Gasteiger partial charge in [0.1, 0.15) is 5.52 Å². The average Bonchev–Trinajstić information content (AvgIpc) is 3.10. The number of carbonyl (C=O) groups excluding carboxylic acids is 2. The fourth-order valence-electron chi connectivity index (χ4n) is 2.34. The Morgan fingerprint density at radius 1 is 1.31 bits per heavy atom. The van der Waals surface area contributed by atoms with Crippen molar-refractivity contribution in [2.45, 2.75) is 13.0 Å². The smallest absolute Gasteiger partial charge is 0.331 e. The second-order valence-corrected chi connectivity index (χ2v) is 5.84. The van der Waals surface area contributed by atoms with Gasteiger partial charge in [0.25, 0.3) is 5.91 Å². The second kappa shape index (κ2) is 8.30. The Balaban J connectivity index is 1.59. The Morgan fingerprint density at radius 3 is 2.79 bits per heavy atom. The molecule has 10 heteroatoms. The summed E-state index contributed by atoms with van der Waals surface area (Å²) in [5, 5.41) is 13.1. The average molecular weight is 399 g/mol. The fourth-order valence-corrected chi connectivity index (χ4v) is 2.34. The lowest BCUT2D eigenvalue weighted by Crippen LogP contribution is -2.29. The van der Waals surface area contributed by atoms with Crippen LogP contribution >= 0.6 is 0 Å². The van der Waals surface area contributed by atoms with Crippen LogP contribution in [0, 0.1) is 15.9 Å². The first-order valence-electron chi connectivity index (χ1n) is 8.32. The molecule has 0 unspecified atom stereocenters. The van der Waals surface area contributed by atoms with Gasteiger partial charge in [-0.2, -0.15) is 4.39 Å². The zero-order chi connectivity index (χ0) is 21.0. The number of nitro benzene ring substituents is 1. The molecule has 1 heterocycles. The number of para-hydroxylation sites is 2. The molecule has 1 N–H and O–H groups in total. The Kier molecular flexibility index (Phi) is 5.63. The molecule has 9 nitrogen and oxygen atoms in total. The molecule has 1 aromatic heterocycles. The number of oxazole rings is 1. The molecular formula is C19H14FN3O6. The van der Waals surface area contributed by atoms with E-state index in [1.807, 2.05) is 0 Å². The standard InChI is InChI=1S/C19H14FN3O6/c1-11(19(25)21-12-6-7-13(20)15(10-12)23(26)27)28-18(24)9-8-17-22-14-4-2-3-5-16(14)29-17/h2-11H,1H3,(H,21,25)/b9-8+/t11-/m1/s1. The lowest BCUT2D eigenvalue weighted by Gasteiger charge is -2.12. The van der Waals surface area contributed by atoms with E-state index in [1.165, 1.54) is 13.0 Å². The number of nitro groups is 1. The van der Waals surface area contributed by atoms with Crippen LogP contribution in [-0.4, -0.2) is 27.9 Å². The number of hydrogen-bond donors (Lipinski definition) is 1. The van der Waals surface area contributed by atoms with Crippen LogP contribution in [-0.2, 0) is 14.3 Å². The van der Waals surface area contributed by atoms with Crippen LogP contribution in [0.5, 0.6) is 0 Å². The number of hydrogen-bond acceptors (Lipinski definition) is 7. The van der Waals surface area contributed by atoms with Crippen molar-refractivity contribution in [2.75, 3.05) is 5.32 Å². The number of fused-ring (bicyclic) bond motifs is 1. The molecule has 0 fully saturated rings. The number of anilines is 1. The SMILES string of the molecule is C[C@@H](OC(=O)/C=C/c1nc2ccccc2o1)C(=O)Nc1ccc(F)c([N+](=O)[O-])c1. The van der Waals surface area contributed by atoms with Crippen molar-refractivity contribution in [3.8, 4) is 0 Å². The molecular weight excluding hydrogens is 385 g/mol. The molecule has 3 aromatic rings. The van der Waals surface area contributed by atoms with Crippen LogP contribution in [0.3, 0.4) is 0 Å². The Bertz CT molecular complexity index is 1090. The number of nitrogens with one attached hydrogen (secondary N) is 1. The summed E-state index contributed by atoms with van der Waals surface area (Å²) >= 11 is 0. The van der Waals surface area contributed by atoms with Gasteiger partial charge in [-0.15, -0.1) is 0 Å². The van der Waals surface area contributed by atoms with Gasteiger partial charge < -0.3 is 14.5 Å². The molecule has 29 heavy (non-hydrogen) atoms. The number of ether oxygens (including phenoxy) is 1. The maximum Gasteiger partial charge on any atom is 0.331 e. The predicted molar refractivity (Wildman–Crippen MR) is 100 cm³/mol. The van der Waals surface area contributed by atoms with Gasteiger partial charge in [-0.05, 0) is 31.2 Å². The zero-order valence-electron chi connectivity index (χ0n) is 15.0. The molecule has 0 saturated carbocycles. The molecule has 1 atom stereocenters. The zero-order valence-corrected chi connectivity index (χ0v) is 15.0. The second-order valence-electron chi connectivity index (χ2n) is 5.84. The first-order valence-corrected chi connectivity index (χ1v) is 8.32. The first kappa shape index (κ1) is 19.7. The summed E-state index contributed by atoms with van der Waals surface area (Å²) in [6, 6.07) is 9.93. The van der Waals surface area contributed by atoms with Crippen LogP contribution in [0.2, 0.25) is 0 Å². The largest absolute Gasteiger partial charge is 0.449 e. The van der Waals surface area contributed by atoms with E-state index in [1.54, 1.807) is 24.3 Å². The van der Waals surface area contributed by atoms with Crippen molar-refractivity contribution >= 4 is 40.4 Å². The Morgan fingerprint density at radius 2 is 2.07 bits per heavy atom. The van der Waals surface area contributed by atoms with E-state index in [0.717, 1.165) is 24.3 Å². The highest BCUT2D eigenvalue weighted by molar-refractivity contribution is 5.96. The summed E-state index contributed by atoms with van der Waals surface area (Å²) < 4.78 is 23.7. The van der Waals surface area contributed by atoms with Crippen molar-refractivity contribution < 1.29 is 28.1 Å². The van der Waals surface area contributed by atoms with Gasteiger partial charge in [0.2, 0.25) is 11.7 Å². The first-order chi connectivity index (χ1) is 13.8. The molecule has 0 aliphatic rings. The molecule has 0 spiro atoms. The lowest BCUT2D eigenvalue weighted by molar-refractivity contribution is -0.387. The highest BCUT2D eigenvalue weighted by Gasteiger charge is 2.19. The highest BCUT2D eigenvalue weighted by atomic mass is 19.1. The van der Waals surface area contributed by atoms with E-state index in [4.69, 9.17) is 9.15 Å². The molecule has 3 rings (SSSR count). The van der Waals surface area contributed by atoms with E-state index in [9.17, 15) is 24.1 Å². The maximum absolute atomic E-state index is 13.3. The van der Waals surface area contributed by atoms with Crippen LogP contribution in [0.4, 0.5) is 15.8 Å². The minimum Gasteiger partial charge on any atom is -0.449 e. The fraction of sp³-hybridized carbons (Fsp3) is 0.105. The lowest BCUT2D eigenvalue weighted by atomic mass is 10.2. The normalized spacial score (nSPS) is 12.1. The summed E-state index contributed by atoms with van der Waals surface area (Å²) in [6.07, 6.45) is 1.15. The van der Waals surface area contributed by atoms with Gasteiger partial charge in [0, 0.05) is 23.9 Å². The van der Waals surface area contributed by atoms with Crippen molar-refractivity contribution in [3.05, 3.63) is 70.4 Å². The minimum atomic E-state index is -1.21. The highest BCUT2D eigenvalue weighted by Crippen LogP contribution is 2.22. The molecule has 0 aliphatic carbocycles. The van der Waals surface area contributed by atoms with Gasteiger partial charge in [0.05, 0.1) is 4.92 Å². The van der Waals surface area contributed by atoms with Gasteiger partial charge >= 0.3 is 11.7 Å². The van der Waals surface area contributed by atoms with Crippen molar-refractivity contribution in [2.24, 2.45) is 0 Å². The molecule has 2 aromatic carbocycles. The number of nitrogens with zero attached hydrogens (tertiary/aromatic N) is 2. The summed E-state index contributed by atoms with van der Waals surface area (Å²) in [4.78, 5) is 38.0. The maximum atomic E-state index is 13.3. The predicted octanol–water partition coefficient (Wildman–Crippen LogP) is 3.46. The molecule has 0 saturated heterocycles. The molecule has 0 aliphatic heterocycles. The Labute approximate surface area is 162 Å². The quantitative estimate of drug-likeness (QED) is 0.291. The number of rotatable bonds is 6. The van der Waals surface area contributed by atoms with Crippen LogP contribution in [0.15, 0.2) is 53.0 Å². The van der Waals surface area contributed by atoms with Gasteiger partial charge in [0.15, 0.2) is 11.7 Å². The number of carbonyl (C=O) groups is 2. The number of aromatic nitrogens is 1. The van der Waals surface area contributed by atoms with Crippen LogP contribution in [0.25, 0.3) is 17.2 Å². The van der Waals surface area contributed by atoms with E-state index < -0.39 is 34.4 Å². The summed E-state index contributed by atoms with van der Waals surface area (Å²) in [5.41, 5.74) is 0.394. The van der Waals surface area contributed by atoms with Gasteiger partial charge in [-0.3, -0.25) is 14.9 Å². The van der Waals surface area contributed by atoms with Crippen molar-refractivity contribution in [1.82, 2.24) is 4.98 Å². The van der Waals surface area contributed by atoms with Crippen LogP contribution < -0.4 is 5.32 Å². The van der Waals surface area contributed by atoms with E-state index >= 15 is 0 Å². The summed E-state index contributed by atoms with van der Waals surface area (Å²) in [7, 11) is 0. The monoisotopic (exact) mass is 399 g/mol. The number of benzene rings is 2. The topological polar surface area (TPSA) is 125 Å². The van der Waals surface area contributed by atoms with Crippen molar-refractivity contribution in [3.63, 3.8) is 0 Å². The summed E-state index contributed by atoms with van der Waals surface area (Å²) in [5.74, 6) is -2.40. The minimum absolute atomic E-state index is 0.00647. The third kappa shape index (κ3) is 4.80. The van der Waals surface area contributed by atoms with E-state index in [2.05, 4.69) is 10.3 Å². The van der Waals surface area contributed by atoms with E-state index in [-0.39, 0.29) is 11.6 Å². The Hall–Kier alpha value is -4.08. The molecule has 148 valence electrons. The number of halogens is 1. The van der Waals surface area contributed by atoms with E-state index in [0.29, 0.717) is 11.1 Å². The number of esters is 1. The molecule has 1 amide bonds. The molecule has 0 radical (unpaired) electrons. The third-order valence-electron chi connectivity index (χ3n) is 3.74. The van der Waals surface area contributed by atoms with Gasteiger partial charge in [-0.1, -0.05) is 12.1 Å². The molecule has 0 bridgehead atoms. The van der Waals surface area contributed by atoms with Crippen molar-refractivity contribution in [1.29, 1.82) is 0 Å². The number of amides is 1.